The Morgan fingerprint density at radius 1 is 1.00 bits per heavy atom. The number of methoxy groups -OCH3 is 1. The van der Waals surface area contributed by atoms with Gasteiger partial charge in [-0.3, -0.25) is 9.59 Å². The number of nitrogens with one attached hydrogen (secondary N) is 2. The average molecular weight is 376 g/mol. The molecule has 0 bridgehead atoms. The lowest BCUT2D eigenvalue weighted by atomic mass is 10.1. The predicted octanol–water partition coefficient (Wildman–Crippen LogP) is 4.50. The molecule has 0 atom stereocenters. The van der Waals surface area contributed by atoms with E-state index in [9.17, 15) is 9.59 Å². The Balaban J connectivity index is 1.76. The Kier molecular flexibility index (Phi) is 5.91. The van der Waals surface area contributed by atoms with Gasteiger partial charge in [-0.15, -0.1) is 0 Å². The third kappa shape index (κ3) is 4.67. The summed E-state index contributed by atoms with van der Waals surface area (Å²) in [5.41, 5.74) is 2.70. The maximum atomic E-state index is 12.4. The third-order valence-corrected chi connectivity index (χ3v) is 3.98. The van der Waals surface area contributed by atoms with Crippen molar-refractivity contribution in [1.29, 1.82) is 0 Å². The summed E-state index contributed by atoms with van der Waals surface area (Å²) in [6.07, 6.45) is 4.51. The first kappa shape index (κ1) is 19.0. The summed E-state index contributed by atoms with van der Waals surface area (Å²) >= 11 is 0. The lowest BCUT2D eigenvalue weighted by Gasteiger charge is -2.12. The van der Waals surface area contributed by atoms with Gasteiger partial charge in [-0.25, -0.2) is 0 Å². The highest BCUT2D eigenvalue weighted by atomic mass is 16.5. The van der Waals surface area contributed by atoms with Crippen molar-refractivity contribution >= 4 is 29.3 Å². The van der Waals surface area contributed by atoms with E-state index in [4.69, 9.17) is 9.15 Å². The maximum Gasteiger partial charge on any atom is 0.291 e. The first-order chi connectivity index (χ1) is 13.6. The van der Waals surface area contributed by atoms with E-state index in [1.807, 2.05) is 37.3 Å². The smallest absolute Gasteiger partial charge is 0.291 e. The Morgan fingerprint density at radius 3 is 2.57 bits per heavy atom. The second-order valence-corrected chi connectivity index (χ2v) is 6.04. The summed E-state index contributed by atoms with van der Waals surface area (Å²) < 4.78 is 10.4. The number of anilines is 2. The number of rotatable bonds is 6. The lowest BCUT2D eigenvalue weighted by molar-refractivity contribution is -0.111. The van der Waals surface area contributed by atoms with E-state index in [0.717, 1.165) is 11.1 Å². The second-order valence-electron chi connectivity index (χ2n) is 6.04. The molecule has 3 rings (SSSR count). The Labute approximate surface area is 162 Å². The lowest BCUT2D eigenvalue weighted by Crippen LogP contribution is -2.15. The molecule has 1 aromatic heterocycles. The summed E-state index contributed by atoms with van der Waals surface area (Å²) in [4.78, 5) is 24.6. The number of amides is 2. The molecule has 0 unspecified atom stereocenters. The first-order valence-corrected chi connectivity index (χ1v) is 8.64. The van der Waals surface area contributed by atoms with Crippen LogP contribution in [0.4, 0.5) is 11.4 Å². The van der Waals surface area contributed by atoms with E-state index in [1.54, 1.807) is 37.5 Å². The van der Waals surface area contributed by atoms with Gasteiger partial charge in [-0.05, 0) is 48.9 Å². The topological polar surface area (TPSA) is 80.6 Å². The molecule has 2 aromatic carbocycles. The minimum absolute atomic E-state index is 0.189. The quantitative estimate of drug-likeness (QED) is 0.621. The van der Waals surface area contributed by atoms with Crippen molar-refractivity contribution in [2.24, 2.45) is 0 Å². The standard InChI is InChI=1S/C22H20N2O4/c1-15-9-11-17(24-22(26)20-8-5-13-28-20)18(14-15)23-21(25)12-10-16-6-3-4-7-19(16)27-2/h3-14H,1-2H3,(H,23,25)(H,24,26)/b12-10+. The first-order valence-electron chi connectivity index (χ1n) is 8.64. The molecule has 0 saturated heterocycles. The largest absolute Gasteiger partial charge is 0.496 e. The normalized spacial score (nSPS) is 10.6. The van der Waals surface area contributed by atoms with Crippen LogP contribution >= 0.6 is 0 Å². The minimum Gasteiger partial charge on any atom is -0.496 e. The molecule has 6 nitrogen and oxygen atoms in total. The highest BCUT2D eigenvalue weighted by Crippen LogP contribution is 2.24. The van der Waals surface area contributed by atoms with Gasteiger partial charge in [0, 0.05) is 11.6 Å². The van der Waals surface area contributed by atoms with Crippen molar-refractivity contribution in [1.82, 2.24) is 0 Å². The van der Waals surface area contributed by atoms with Crippen molar-refractivity contribution in [2.45, 2.75) is 6.92 Å². The molecule has 142 valence electrons. The molecule has 28 heavy (non-hydrogen) atoms. The number of carbonyl (C=O) groups excluding carboxylic acids is 2. The number of furan rings is 1. The molecule has 6 heteroatoms. The molecule has 2 N–H and O–H groups in total. The minimum atomic E-state index is -0.395. The number of benzene rings is 2. The average Bonchev–Trinajstić information content (AvgIpc) is 3.23. The van der Waals surface area contributed by atoms with Crippen LogP contribution in [0.1, 0.15) is 21.7 Å². The van der Waals surface area contributed by atoms with Gasteiger partial charge in [0.05, 0.1) is 24.7 Å². The highest BCUT2D eigenvalue weighted by molar-refractivity contribution is 6.08. The molecule has 0 saturated carbocycles. The van der Waals surface area contributed by atoms with Crippen LogP contribution in [0, 0.1) is 6.92 Å². The molecule has 0 aliphatic carbocycles. The predicted molar refractivity (Wildman–Crippen MR) is 108 cm³/mol. The van der Waals surface area contributed by atoms with Crippen molar-refractivity contribution < 1.29 is 18.7 Å². The Morgan fingerprint density at radius 2 is 1.82 bits per heavy atom. The number of hydrogen-bond donors (Lipinski definition) is 2. The fourth-order valence-electron chi connectivity index (χ4n) is 2.61. The van der Waals surface area contributed by atoms with Gasteiger partial charge in [0.25, 0.3) is 5.91 Å². The molecular formula is C22H20N2O4. The number of ether oxygens (including phenoxy) is 1. The number of carbonyl (C=O) groups is 2. The summed E-state index contributed by atoms with van der Waals surface area (Å²) in [6, 6.07) is 16.0. The van der Waals surface area contributed by atoms with Gasteiger partial charge >= 0.3 is 0 Å². The van der Waals surface area contributed by atoms with Crippen LogP contribution in [0.25, 0.3) is 6.08 Å². The van der Waals surface area contributed by atoms with Crippen LogP contribution < -0.4 is 15.4 Å². The molecule has 0 radical (unpaired) electrons. The maximum absolute atomic E-state index is 12.4. The molecule has 3 aromatic rings. The third-order valence-electron chi connectivity index (χ3n) is 3.98. The van der Waals surface area contributed by atoms with Gasteiger partial charge in [0.1, 0.15) is 5.75 Å². The molecule has 0 aliphatic rings. The van der Waals surface area contributed by atoms with Crippen molar-refractivity contribution in [3.63, 3.8) is 0 Å². The molecule has 1 heterocycles. The van der Waals surface area contributed by atoms with Crippen LogP contribution in [0.2, 0.25) is 0 Å². The number of aryl methyl sites for hydroxylation is 1. The summed E-state index contributed by atoms with van der Waals surface area (Å²) in [7, 11) is 1.58. The Bertz CT molecular complexity index is 1010. The zero-order valence-electron chi connectivity index (χ0n) is 15.6. The SMILES string of the molecule is COc1ccccc1/C=C/C(=O)Nc1cc(C)ccc1NC(=O)c1ccco1. The zero-order valence-corrected chi connectivity index (χ0v) is 15.6. The molecule has 2 amide bonds. The van der Waals surface area contributed by atoms with Crippen LogP contribution in [0.15, 0.2) is 71.4 Å². The van der Waals surface area contributed by atoms with Crippen molar-refractivity contribution in [3.8, 4) is 5.75 Å². The zero-order chi connectivity index (χ0) is 19.9. The summed E-state index contributed by atoms with van der Waals surface area (Å²) in [5, 5.41) is 5.54. The highest BCUT2D eigenvalue weighted by Gasteiger charge is 2.12. The Hall–Kier alpha value is -3.80. The molecule has 0 fully saturated rings. The monoisotopic (exact) mass is 376 g/mol. The fraction of sp³-hybridized carbons (Fsp3) is 0.0909. The van der Waals surface area contributed by atoms with E-state index in [0.29, 0.717) is 17.1 Å². The molecular weight excluding hydrogens is 356 g/mol. The van der Waals surface area contributed by atoms with E-state index < -0.39 is 5.91 Å². The van der Waals surface area contributed by atoms with Gasteiger partial charge in [0.15, 0.2) is 5.76 Å². The van der Waals surface area contributed by atoms with Crippen molar-refractivity contribution in [3.05, 3.63) is 83.8 Å². The van der Waals surface area contributed by atoms with E-state index in [2.05, 4.69) is 10.6 Å². The van der Waals surface area contributed by atoms with E-state index in [-0.39, 0.29) is 11.7 Å². The fourth-order valence-corrected chi connectivity index (χ4v) is 2.61. The van der Waals surface area contributed by atoms with Crippen molar-refractivity contribution in [2.75, 3.05) is 17.7 Å². The number of hydrogen-bond acceptors (Lipinski definition) is 4. The number of para-hydroxylation sites is 1. The van der Waals surface area contributed by atoms with Crippen LogP contribution in [-0.2, 0) is 4.79 Å². The second kappa shape index (κ2) is 8.73. The van der Waals surface area contributed by atoms with E-state index >= 15 is 0 Å². The van der Waals surface area contributed by atoms with Gasteiger partial charge in [-0.2, -0.15) is 0 Å². The molecule has 0 aliphatic heterocycles. The van der Waals surface area contributed by atoms with Crippen LogP contribution in [0.5, 0.6) is 5.75 Å². The van der Waals surface area contributed by atoms with Crippen LogP contribution in [-0.4, -0.2) is 18.9 Å². The van der Waals surface area contributed by atoms with Gasteiger partial charge < -0.3 is 19.8 Å². The molecule has 0 spiro atoms. The van der Waals surface area contributed by atoms with Gasteiger partial charge in [-0.1, -0.05) is 24.3 Å². The summed E-state index contributed by atoms with van der Waals surface area (Å²) in [5.74, 6) is 0.140. The van der Waals surface area contributed by atoms with Crippen LogP contribution in [0.3, 0.4) is 0 Å². The van der Waals surface area contributed by atoms with E-state index in [1.165, 1.54) is 12.3 Å². The van der Waals surface area contributed by atoms with Gasteiger partial charge in [0.2, 0.25) is 5.91 Å². The summed E-state index contributed by atoms with van der Waals surface area (Å²) in [6.45, 7) is 1.90.